The number of amides is 1. The third kappa shape index (κ3) is 4.15. The molecule has 4 heterocycles. The van der Waals surface area contributed by atoms with Crippen molar-refractivity contribution in [3.05, 3.63) is 50.9 Å². The Morgan fingerprint density at radius 1 is 1.31 bits per heavy atom. The van der Waals surface area contributed by atoms with Crippen LogP contribution in [-0.4, -0.2) is 41.1 Å². The number of pyridine rings is 1. The van der Waals surface area contributed by atoms with Crippen molar-refractivity contribution >= 4 is 33.2 Å². The normalized spacial score (nSPS) is 24.7. The van der Waals surface area contributed by atoms with Crippen molar-refractivity contribution in [2.45, 2.75) is 37.5 Å². The monoisotopic (exact) mass is 435 g/mol. The molecule has 0 bridgehead atoms. The van der Waals surface area contributed by atoms with Gasteiger partial charge in [0.1, 0.15) is 0 Å². The average molecular weight is 436 g/mol. The van der Waals surface area contributed by atoms with Crippen LogP contribution in [0.4, 0.5) is 0 Å². The van der Waals surface area contributed by atoms with Crippen molar-refractivity contribution in [3.63, 3.8) is 0 Å². The summed E-state index contributed by atoms with van der Waals surface area (Å²) in [4.78, 5) is 20.3. The molecule has 2 unspecified atom stereocenters. The Labute approximate surface area is 165 Å². The summed E-state index contributed by atoms with van der Waals surface area (Å²) in [7, 11) is 0. The SMILES string of the molecule is O=C(NC1CCN(C2CC(c3cccs3)NN2)CC1)c1cncc(Br)c1. The number of hydrogen-bond donors (Lipinski definition) is 3. The third-order valence-corrected chi connectivity index (χ3v) is 6.46. The molecule has 0 aliphatic carbocycles. The largest absolute Gasteiger partial charge is 0.349 e. The lowest BCUT2D eigenvalue weighted by molar-refractivity contribution is 0.0879. The van der Waals surface area contributed by atoms with Gasteiger partial charge < -0.3 is 5.32 Å². The molecule has 2 aromatic heterocycles. The van der Waals surface area contributed by atoms with Crippen molar-refractivity contribution in [2.75, 3.05) is 13.1 Å². The summed E-state index contributed by atoms with van der Waals surface area (Å²) in [6, 6.07) is 6.70. The van der Waals surface area contributed by atoms with Gasteiger partial charge in [-0.05, 0) is 52.7 Å². The molecule has 0 saturated carbocycles. The number of hydrogen-bond acceptors (Lipinski definition) is 6. The van der Waals surface area contributed by atoms with Gasteiger partial charge in [0.2, 0.25) is 0 Å². The molecular formula is C18H22BrN5OS. The summed E-state index contributed by atoms with van der Waals surface area (Å²) in [6.45, 7) is 1.97. The molecule has 0 spiro atoms. The zero-order valence-corrected chi connectivity index (χ0v) is 16.7. The highest BCUT2D eigenvalue weighted by molar-refractivity contribution is 9.10. The number of rotatable bonds is 4. The maximum Gasteiger partial charge on any atom is 0.253 e. The lowest BCUT2D eigenvalue weighted by atomic mass is 10.0. The molecule has 0 radical (unpaired) electrons. The number of likely N-dealkylation sites (tertiary alicyclic amines) is 1. The molecule has 2 fully saturated rings. The van der Waals surface area contributed by atoms with Crippen LogP contribution >= 0.6 is 27.3 Å². The lowest BCUT2D eigenvalue weighted by Gasteiger charge is -2.35. The summed E-state index contributed by atoms with van der Waals surface area (Å²) in [6.07, 6.45) is 6.65. The Bertz CT molecular complexity index is 748. The molecule has 2 saturated heterocycles. The van der Waals surface area contributed by atoms with E-state index in [4.69, 9.17) is 0 Å². The fourth-order valence-corrected chi connectivity index (χ4v) is 4.77. The molecule has 2 aromatic rings. The van der Waals surface area contributed by atoms with Gasteiger partial charge in [-0.25, -0.2) is 10.9 Å². The number of carbonyl (C=O) groups excluding carboxylic acids is 1. The first-order valence-corrected chi connectivity index (χ1v) is 10.6. The second-order valence-corrected chi connectivity index (χ2v) is 8.68. The Balaban J connectivity index is 1.26. The van der Waals surface area contributed by atoms with Gasteiger partial charge in [0.05, 0.1) is 17.8 Å². The van der Waals surface area contributed by atoms with Crippen molar-refractivity contribution < 1.29 is 4.79 Å². The number of halogens is 1. The number of nitrogens with zero attached hydrogens (tertiary/aromatic N) is 2. The van der Waals surface area contributed by atoms with Crippen LogP contribution < -0.4 is 16.2 Å². The van der Waals surface area contributed by atoms with Crippen LogP contribution in [-0.2, 0) is 0 Å². The van der Waals surface area contributed by atoms with Gasteiger partial charge in [-0.1, -0.05) is 6.07 Å². The van der Waals surface area contributed by atoms with E-state index in [1.165, 1.54) is 4.88 Å². The van der Waals surface area contributed by atoms with Crippen LogP contribution in [0.15, 0.2) is 40.4 Å². The second-order valence-electron chi connectivity index (χ2n) is 6.78. The molecule has 138 valence electrons. The number of carbonyl (C=O) groups is 1. The smallest absolute Gasteiger partial charge is 0.253 e. The van der Waals surface area contributed by atoms with Crippen LogP contribution in [0.25, 0.3) is 0 Å². The van der Waals surface area contributed by atoms with E-state index >= 15 is 0 Å². The molecule has 6 nitrogen and oxygen atoms in total. The zero-order valence-electron chi connectivity index (χ0n) is 14.3. The van der Waals surface area contributed by atoms with Gasteiger partial charge in [0.25, 0.3) is 5.91 Å². The van der Waals surface area contributed by atoms with E-state index < -0.39 is 0 Å². The Morgan fingerprint density at radius 3 is 2.88 bits per heavy atom. The van der Waals surface area contributed by atoms with Crippen LogP contribution in [0.5, 0.6) is 0 Å². The topological polar surface area (TPSA) is 69.3 Å². The first-order chi connectivity index (χ1) is 12.7. The minimum absolute atomic E-state index is 0.0457. The van der Waals surface area contributed by atoms with E-state index in [2.05, 4.69) is 59.5 Å². The molecule has 2 aliphatic heterocycles. The summed E-state index contributed by atoms with van der Waals surface area (Å²) in [5, 5.41) is 5.27. The highest BCUT2D eigenvalue weighted by Gasteiger charge is 2.32. The molecular weight excluding hydrogens is 414 g/mol. The van der Waals surface area contributed by atoms with E-state index in [9.17, 15) is 4.79 Å². The van der Waals surface area contributed by atoms with Gasteiger partial charge >= 0.3 is 0 Å². The zero-order chi connectivity index (χ0) is 17.9. The van der Waals surface area contributed by atoms with Gasteiger partial charge in [-0.15, -0.1) is 11.3 Å². The van der Waals surface area contributed by atoms with Gasteiger partial charge in [-0.3, -0.25) is 14.7 Å². The highest BCUT2D eigenvalue weighted by Crippen LogP contribution is 2.28. The van der Waals surface area contributed by atoms with Gasteiger partial charge in [0.15, 0.2) is 0 Å². The molecule has 3 N–H and O–H groups in total. The van der Waals surface area contributed by atoms with E-state index in [1.54, 1.807) is 29.8 Å². The maximum absolute atomic E-state index is 12.4. The first kappa shape index (κ1) is 18.1. The molecule has 4 rings (SSSR count). The van der Waals surface area contributed by atoms with E-state index in [1.807, 2.05) is 0 Å². The number of nitrogens with one attached hydrogen (secondary N) is 3. The van der Waals surface area contributed by atoms with Crippen molar-refractivity contribution in [1.29, 1.82) is 0 Å². The fourth-order valence-electron chi connectivity index (χ4n) is 3.62. The Morgan fingerprint density at radius 2 is 2.15 bits per heavy atom. The predicted molar refractivity (Wildman–Crippen MR) is 106 cm³/mol. The van der Waals surface area contributed by atoms with Crippen molar-refractivity contribution in [3.8, 4) is 0 Å². The number of aromatic nitrogens is 1. The maximum atomic E-state index is 12.4. The van der Waals surface area contributed by atoms with Crippen LogP contribution in [0.1, 0.15) is 40.5 Å². The molecule has 26 heavy (non-hydrogen) atoms. The van der Waals surface area contributed by atoms with Crippen molar-refractivity contribution in [2.24, 2.45) is 0 Å². The van der Waals surface area contributed by atoms with Crippen molar-refractivity contribution in [1.82, 2.24) is 26.1 Å². The second kappa shape index (κ2) is 8.14. The summed E-state index contributed by atoms with van der Waals surface area (Å²) >= 11 is 5.16. The number of hydrazine groups is 1. The van der Waals surface area contributed by atoms with Crippen LogP contribution in [0.3, 0.4) is 0 Å². The average Bonchev–Trinajstić information content (AvgIpc) is 3.34. The minimum Gasteiger partial charge on any atom is -0.349 e. The summed E-state index contributed by atoms with van der Waals surface area (Å²) < 4.78 is 0.820. The number of thiophene rings is 1. The summed E-state index contributed by atoms with van der Waals surface area (Å²) in [5.74, 6) is -0.0457. The molecule has 0 aromatic carbocycles. The minimum atomic E-state index is -0.0457. The van der Waals surface area contributed by atoms with Crippen LogP contribution in [0, 0.1) is 0 Å². The Kier molecular flexibility index (Phi) is 5.66. The first-order valence-electron chi connectivity index (χ1n) is 8.89. The van der Waals surface area contributed by atoms with E-state index in [0.717, 1.165) is 36.8 Å². The van der Waals surface area contributed by atoms with Gasteiger partial charge in [0, 0.05) is 40.9 Å². The Hall–Kier alpha value is -1.32. The number of piperidine rings is 1. The fraction of sp³-hybridized carbons (Fsp3) is 0.444. The summed E-state index contributed by atoms with van der Waals surface area (Å²) in [5.41, 5.74) is 7.45. The van der Waals surface area contributed by atoms with Gasteiger partial charge in [-0.2, -0.15) is 0 Å². The van der Waals surface area contributed by atoms with E-state index in [-0.39, 0.29) is 11.9 Å². The molecule has 2 atom stereocenters. The lowest BCUT2D eigenvalue weighted by Crippen LogP contribution is -2.51. The quantitative estimate of drug-likeness (QED) is 0.688. The van der Waals surface area contributed by atoms with Crippen LogP contribution in [0.2, 0.25) is 0 Å². The molecule has 8 heteroatoms. The van der Waals surface area contributed by atoms with E-state index in [0.29, 0.717) is 17.8 Å². The molecule has 1 amide bonds. The standard InChI is InChI=1S/C18H22BrN5OS/c19-13-8-12(10-20-11-13)18(25)21-14-3-5-24(6-4-14)17-9-15(22-23-17)16-2-1-7-26-16/h1-2,7-8,10-11,14-15,17,22-23H,3-6,9H2,(H,21,25). The highest BCUT2D eigenvalue weighted by atomic mass is 79.9. The third-order valence-electron chi connectivity index (χ3n) is 5.04. The predicted octanol–water partition coefficient (Wildman–Crippen LogP) is 2.67. The molecule has 2 aliphatic rings.